The van der Waals surface area contributed by atoms with Gasteiger partial charge in [0.1, 0.15) is 11.2 Å². The number of rotatable bonds is 4. The molecule has 1 saturated heterocycles. The lowest BCUT2D eigenvalue weighted by atomic mass is 9.96. The summed E-state index contributed by atoms with van der Waals surface area (Å²) in [6, 6.07) is 11.1. The number of nitrogens with zero attached hydrogens (tertiary/aromatic N) is 4. The first-order chi connectivity index (χ1) is 13.9. The Morgan fingerprint density at radius 3 is 2.55 bits per heavy atom. The van der Waals surface area contributed by atoms with Gasteiger partial charge in [-0.25, -0.2) is 0 Å². The van der Waals surface area contributed by atoms with Gasteiger partial charge in [-0.1, -0.05) is 30.3 Å². The fourth-order valence-electron chi connectivity index (χ4n) is 3.88. The van der Waals surface area contributed by atoms with E-state index < -0.39 is 5.54 Å². The molecule has 3 amide bonds. The van der Waals surface area contributed by atoms with Crippen molar-refractivity contribution in [1.29, 1.82) is 0 Å². The number of nitrogens with one attached hydrogen (secondary N) is 1. The quantitative estimate of drug-likeness (QED) is 0.845. The van der Waals surface area contributed by atoms with Crippen molar-refractivity contribution < 1.29 is 14.4 Å². The van der Waals surface area contributed by atoms with Gasteiger partial charge in [0.25, 0.3) is 11.8 Å². The van der Waals surface area contributed by atoms with Crippen molar-refractivity contribution in [3.8, 4) is 0 Å². The van der Waals surface area contributed by atoms with E-state index >= 15 is 0 Å². The largest absolute Gasteiger partial charge is 0.350 e. The molecule has 0 aliphatic carbocycles. The van der Waals surface area contributed by atoms with Crippen molar-refractivity contribution in [2.75, 3.05) is 20.1 Å². The van der Waals surface area contributed by atoms with Crippen molar-refractivity contribution in [2.45, 2.75) is 38.4 Å². The highest BCUT2D eigenvalue weighted by Gasteiger charge is 2.46. The minimum atomic E-state index is -1.10. The number of hydrogen-bond acceptors (Lipinski definition) is 4. The van der Waals surface area contributed by atoms with Gasteiger partial charge in [0, 0.05) is 32.7 Å². The SMILES string of the molecule is CN1C(=O)c2cc(C(=O)N3CCCC3)nn2C[C@@]1(C)C(=O)NCc1ccccc1. The monoisotopic (exact) mass is 395 g/mol. The van der Waals surface area contributed by atoms with Crippen LogP contribution in [0.4, 0.5) is 0 Å². The maximum absolute atomic E-state index is 13.0. The van der Waals surface area contributed by atoms with Crippen LogP contribution in [-0.2, 0) is 17.9 Å². The van der Waals surface area contributed by atoms with Crippen molar-refractivity contribution in [3.05, 3.63) is 53.3 Å². The first kappa shape index (κ1) is 19.2. The number of fused-ring (bicyclic) bond motifs is 1. The summed E-state index contributed by atoms with van der Waals surface area (Å²) in [5, 5.41) is 7.29. The van der Waals surface area contributed by atoms with Gasteiger partial charge < -0.3 is 15.1 Å². The second-order valence-corrected chi connectivity index (χ2v) is 7.88. The van der Waals surface area contributed by atoms with Gasteiger partial charge in [0.2, 0.25) is 5.91 Å². The molecule has 0 spiro atoms. The van der Waals surface area contributed by atoms with Crippen LogP contribution < -0.4 is 5.32 Å². The number of carbonyl (C=O) groups excluding carboxylic acids is 3. The fourth-order valence-corrected chi connectivity index (χ4v) is 3.88. The summed E-state index contributed by atoms with van der Waals surface area (Å²) in [4.78, 5) is 41.8. The fraction of sp³-hybridized carbons (Fsp3) is 0.429. The average Bonchev–Trinajstić information content (AvgIpc) is 3.41. The normalized spacial score (nSPS) is 21.2. The summed E-state index contributed by atoms with van der Waals surface area (Å²) in [6.45, 7) is 3.72. The molecule has 0 saturated carbocycles. The Morgan fingerprint density at radius 2 is 1.86 bits per heavy atom. The molecule has 2 aromatic rings. The first-order valence-electron chi connectivity index (χ1n) is 9.87. The van der Waals surface area contributed by atoms with Crippen LogP contribution in [0.5, 0.6) is 0 Å². The Balaban J connectivity index is 1.54. The number of carbonyl (C=O) groups is 3. The molecule has 0 unspecified atom stereocenters. The molecule has 29 heavy (non-hydrogen) atoms. The molecule has 8 nitrogen and oxygen atoms in total. The zero-order chi connectivity index (χ0) is 20.6. The van der Waals surface area contributed by atoms with Gasteiger partial charge in [0.05, 0.1) is 6.54 Å². The molecule has 1 atom stereocenters. The van der Waals surface area contributed by atoms with Crippen LogP contribution in [0.15, 0.2) is 36.4 Å². The van der Waals surface area contributed by atoms with Crippen molar-refractivity contribution >= 4 is 17.7 Å². The zero-order valence-electron chi connectivity index (χ0n) is 16.7. The highest BCUT2D eigenvalue weighted by atomic mass is 16.2. The molecule has 1 aromatic heterocycles. The Morgan fingerprint density at radius 1 is 1.17 bits per heavy atom. The lowest BCUT2D eigenvalue weighted by molar-refractivity contribution is -0.132. The maximum Gasteiger partial charge on any atom is 0.274 e. The molecule has 4 rings (SSSR count). The van der Waals surface area contributed by atoms with E-state index in [1.807, 2.05) is 30.3 Å². The van der Waals surface area contributed by atoms with E-state index in [9.17, 15) is 14.4 Å². The van der Waals surface area contributed by atoms with Gasteiger partial charge in [-0.15, -0.1) is 0 Å². The lowest BCUT2D eigenvalue weighted by Gasteiger charge is -2.40. The standard InChI is InChI=1S/C21H25N5O3/c1-21(20(29)22-13-15-8-4-3-5-9-15)14-26-17(19(28)24(21)2)12-16(23-26)18(27)25-10-6-7-11-25/h3-5,8-9,12H,6-7,10-11,13-14H2,1-2H3,(H,22,29)/t21-/m0/s1. The Bertz CT molecular complexity index is 948. The van der Waals surface area contributed by atoms with Gasteiger partial charge in [-0.2, -0.15) is 5.10 Å². The highest BCUT2D eigenvalue weighted by molar-refractivity contribution is 6.01. The molecule has 8 heteroatoms. The summed E-state index contributed by atoms with van der Waals surface area (Å²) >= 11 is 0. The molecule has 2 aliphatic heterocycles. The Hall–Kier alpha value is -3.16. The smallest absolute Gasteiger partial charge is 0.274 e. The number of hydrogen-bond donors (Lipinski definition) is 1. The first-order valence-corrected chi connectivity index (χ1v) is 9.87. The second kappa shape index (κ2) is 7.35. The van der Waals surface area contributed by atoms with Crippen molar-refractivity contribution in [3.63, 3.8) is 0 Å². The molecular formula is C21H25N5O3. The van der Waals surface area contributed by atoms with Gasteiger partial charge in [-0.3, -0.25) is 19.1 Å². The number of likely N-dealkylation sites (N-methyl/N-ethyl adjacent to an activating group) is 1. The third-order valence-corrected chi connectivity index (χ3v) is 5.90. The van der Waals surface area contributed by atoms with E-state index in [4.69, 9.17) is 0 Å². The lowest BCUT2D eigenvalue weighted by Crippen LogP contribution is -2.62. The molecule has 0 radical (unpaired) electrons. The van der Waals surface area contributed by atoms with Crippen LogP contribution in [-0.4, -0.2) is 63.0 Å². The van der Waals surface area contributed by atoms with E-state index in [2.05, 4.69) is 10.4 Å². The van der Waals surface area contributed by atoms with Crippen LogP contribution in [0, 0.1) is 0 Å². The predicted molar refractivity (Wildman–Crippen MR) is 106 cm³/mol. The molecule has 2 aliphatic rings. The van der Waals surface area contributed by atoms with E-state index in [0.29, 0.717) is 25.3 Å². The summed E-state index contributed by atoms with van der Waals surface area (Å²) in [5.41, 5.74) is 0.479. The molecule has 0 bridgehead atoms. The predicted octanol–water partition coefficient (Wildman–Crippen LogP) is 1.28. The molecule has 1 aromatic carbocycles. The average molecular weight is 395 g/mol. The van der Waals surface area contributed by atoms with E-state index in [0.717, 1.165) is 18.4 Å². The summed E-state index contributed by atoms with van der Waals surface area (Å²) in [7, 11) is 1.61. The van der Waals surface area contributed by atoms with Crippen LogP contribution in [0.2, 0.25) is 0 Å². The molecule has 1 N–H and O–H groups in total. The number of aromatic nitrogens is 2. The summed E-state index contributed by atoms with van der Waals surface area (Å²) < 4.78 is 1.49. The summed E-state index contributed by atoms with van der Waals surface area (Å²) in [6.07, 6.45) is 1.97. The van der Waals surface area contributed by atoms with Gasteiger partial charge >= 0.3 is 0 Å². The van der Waals surface area contributed by atoms with Crippen LogP contribution in [0.25, 0.3) is 0 Å². The topological polar surface area (TPSA) is 87.5 Å². The Labute approximate surface area is 169 Å². The van der Waals surface area contributed by atoms with Crippen LogP contribution in [0.3, 0.4) is 0 Å². The summed E-state index contributed by atoms with van der Waals surface area (Å²) in [5.74, 6) is -0.734. The van der Waals surface area contributed by atoms with Gasteiger partial charge in [0.15, 0.2) is 5.69 Å². The maximum atomic E-state index is 13.0. The molecule has 3 heterocycles. The third kappa shape index (κ3) is 3.39. The minimum Gasteiger partial charge on any atom is -0.350 e. The van der Waals surface area contributed by atoms with Crippen LogP contribution in [0.1, 0.15) is 46.3 Å². The zero-order valence-corrected chi connectivity index (χ0v) is 16.7. The number of likely N-dealkylation sites (tertiary alicyclic amines) is 1. The third-order valence-electron chi connectivity index (χ3n) is 5.90. The molecule has 152 valence electrons. The van der Waals surface area contributed by atoms with E-state index in [1.54, 1.807) is 24.9 Å². The minimum absolute atomic E-state index is 0.157. The van der Waals surface area contributed by atoms with E-state index in [1.165, 1.54) is 9.58 Å². The van der Waals surface area contributed by atoms with Crippen molar-refractivity contribution in [2.24, 2.45) is 0 Å². The molecule has 1 fully saturated rings. The Kier molecular flexibility index (Phi) is 4.86. The van der Waals surface area contributed by atoms with E-state index in [-0.39, 0.29) is 30.0 Å². The van der Waals surface area contributed by atoms with Crippen molar-refractivity contribution in [1.82, 2.24) is 24.9 Å². The highest BCUT2D eigenvalue weighted by Crippen LogP contribution is 2.26. The second-order valence-electron chi connectivity index (χ2n) is 7.88. The van der Waals surface area contributed by atoms with Crippen LogP contribution >= 0.6 is 0 Å². The molecular weight excluding hydrogens is 370 g/mol. The number of amides is 3. The number of benzene rings is 1. The van der Waals surface area contributed by atoms with Gasteiger partial charge in [-0.05, 0) is 25.3 Å².